The highest BCUT2D eigenvalue weighted by molar-refractivity contribution is 9.10. The molecule has 19 heavy (non-hydrogen) atoms. The summed E-state index contributed by atoms with van der Waals surface area (Å²) in [6.07, 6.45) is 2.59. The first-order valence-corrected chi connectivity index (χ1v) is 6.78. The SMILES string of the molecule is Nc1ccnc(NCc2cc(Br)cc3c2OCC3)n1. The molecular formula is C13H13BrN4O. The second kappa shape index (κ2) is 5.05. The van der Waals surface area contributed by atoms with Gasteiger partial charge in [0, 0.05) is 29.2 Å². The molecule has 5 nitrogen and oxygen atoms in total. The molecule has 0 atom stereocenters. The van der Waals surface area contributed by atoms with Crippen molar-refractivity contribution in [3.8, 4) is 5.75 Å². The fraction of sp³-hybridized carbons (Fsp3) is 0.231. The Kier molecular flexibility index (Phi) is 3.25. The van der Waals surface area contributed by atoms with Crippen molar-refractivity contribution in [2.24, 2.45) is 0 Å². The summed E-state index contributed by atoms with van der Waals surface area (Å²) in [5.74, 6) is 1.94. The van der Waals surface area contributed by atoms with Gasteiger partial charge in [-0.1, -0.05) is 15.9 Å². The highest BCUT2D eigenvalue weighted by Gasteiger charge is 2.17. The van der Waals surface area contributed by atoms with Crippen LogP contribution in [0.4, 0.5) is 11.8 Å². The van der Waals surface area contributed by atoms with Gasteiger partial charge in [-0.2, -0.15) is 4.98 Å². The average Bonchev–Trinajstić information content (AvgIpc) is 2.84. The lowest BCUT2D eigenvalue weighted by molar-refractivity contribution is 0.354. The molecule has 2 heterocycles. The van der Waals surface area contributed by atoms with Crippen LogP contribution in [-0.2, 0) is 13.0 Å². The summed E-state index contributed by atoms with van der Waals surface area (Å²) in [6, 6.07) is 5.80. The maximum atomic E-state index is 5.67. The quantitative estimate of drug-likeness (QED) is 0.908. The Morgan fingerprint density at radius 2 is 2.32 bits per heavy atom. The van der Waals surface area contributed by atoms with Gasteiger partial charge in [-0.25, -0.2) is 4.98 Å². The number of nitrogen functional groups attached to an aromatic ring is 1. The molecule has 0 unspecified atom stereocenters. The Bertz CT molecular complexity index is 618. The highest BCUT2D eigenvalue weighted by Crippen LogP contribution is 2.33. The van der Waals surface area contributed by atoms with Gasteiger partial charge >= 0.3 is 0 Å². The maximum absolute atomic E-state index is 5.67. The topological polar surface area (TPSA) is 73.1 Å². The summed E-state index contributed by atoms with van der Waals surface area (Å²) in [7, 11) is 0. The molecule has 1 aromatic heterocycles. The van der Waals surface area contributed by atoms with Crippen LogP contribution < -0.4 is 15.8 Å². The summed E-state index contributed by atoms with van der Waals surface area (Å²) >= 11 is 3.52. The molecule has 0 radical (unpaired) electrons. The Balaban J connectivity index is 1.81. The fourth-order valence-corrected chi connectivity index (χ4v) is 2.66. The van der Waals surface area contributed by atoms with Crippen LogP contribution in [0.25, 0.3) is 0 Å². The van der Waals surface area contributed by atoms with E-state index in [1.54, 1.807) is 12.3 Å². The summed E-state index contributed by atoms with van der Waals surface area (Å²) in [6.45, 7) is 1.35. The van der Waals surface area contributed by atoms with E-state index in [2.05, 4.69) is 37.3 Å². The van der Waals surface area contributed by atoms with Crippen molar-refractivity contribution in [3.63, 3.8) is 0 Å². The van der Waals surface area contributed by atoms with E-state index in [1.165, 1.54) is 5.56 Å². The number of benzene rings is 1. The Morgan fingerprint density at radius 3 is 3.16 bits per heavy atom. The van der Waals surface area contributed by atoms with Crippen LogP contribution in [0.15, 0.2) is 28.9 Å². The zero-order valence-corrected chi connectivity index (χ0v) is 11.8. The molecule has 0 spiro atoms. The number of ether oxygens (including phenoxy) is 1. The lowest BCUT2D eigenvalue weighted by atomic mass is 10.1. The third-order valence-electron chi connectivity index (χ3n) is 2.94. The summed E-state index contributed by atoms with van der Waals surface area (Å²) in [5.41, 5.74) is 7.95. The number of nitrogens with zero attached hydrogens (tertiary/aromatic N) is 2. The summed E-state index contributed by atoms with van der Waals surface area (Å²) < 4.78 is 6.73. The van der Waals surface area contributed by atoms with Gasteiger partial charge < -0.3 is 15.8 Å². The van der Waals surface area contributed by atoms with Crippen molar-refractivity contribution < 1.29 is 4.74 Å². The Hall–Kier alpha value is -1.82. The standard InChI is InChI=1S/C13H13BrN4O/c14-10-5-8-2-4-19-12(8)9(6-10)7-17-13-16-3-1-11(15)18-13/h1,3,5-6H,2,4,7H2,(H3,15,16,17,18). The molecule has 0 fully saturated rings. The molecule has 0 amide bonds. The number of nitrogens with two attached hydrogens (primary N) is 1. The van der Waals surface area contributed by atoms with E-state index in [9.17, 15) is 0 Å². The van der Waals surface area contributed by atoms with Gasteiger partial charge in [0.2, 0.25) is 5.95 Å². The number of fused-ring (bicyclic) bond motifs is 1. The van der Waals surface area contributed by atoms with E-state index >= 15 is 0 Å². The van der Waals surface area contributed by atoms with Crippen molar-refractivity contribution in [2.75, 3.05) is 17.7 Å². The van der Waals surface area contributed by atoms with Crippen LogP contribution >= 0.6 is 15.9 Å². The third-order valence-corrected chi connectivity index (χ3v) is 3.40. The lowest BCUT2D eigenvalue weighted by Crippen LogP contribution is -2.06. The number of anilines is 2. The molecule has 6 heteroatoms. The Morgan fingerprint density at radius 1 is 1.42 bits per heavy atom. The monoisotopic (exact) mass is 320 g/mol. The van der Waals surface area contributed by atoms with Crippen molar-refractivity contribution >= 4 is 27.7 Å². The largest absolute Gasteiger partial charge is 0.493 e. The number of halogens is 1. The van der Waals surface area contributed by atoms with Gasteiger partial charge in [-0.05, 0) is 23.8 Å². The summed E-state index contributed by atoms with van der Waals surface area (Å²) in [4.78, 5) is 8.22. The fourth-order valence-electron chi connectivity index (χ4n) is 2.11. The predicted molar refractivity (Wildman–Crippen MR) is 77.1 cm³/mol. The molecule has 3 rings (SSSR count). The van der Waals surface area contributed by atoms with Crippen LogP contribution in [0.3, 0.4) is 0 Å². The number of aromatic nitrogens is 2. The minimum atomic E-state index is 0.452. The first-order chi connectivity index (χ1) is 9.22. The number of nitrogens with one attached hydrogen (secondary N) is 1. The smallest absolute Gasteiger partial charge is 0.224 e. The zero-order valence-electron chi connectivity index (χ0n) is 10.2. The van der Waals surface area contributed by atoms with Crippen LogP contribution in [-0.4, -0.2) is 16.6 Å². The molecular weight excluding hydrogens is 308 g/mol. The number of hydrogen-bond donors (Lipinski definition) is 2. The van der Waals surface area contributed by atoms with Crippen LogP contribution in [0.5, 0.6) is 5.75 Å². The van der Waals surface area contributed by atoms with Crippen molar-refractivity contribution in [1.29, 1.82) is 0 Å². The molecule has 3 N–H and O–H groups in total. The molecule has 2 aromatic rings. The summed E-state index contributed by atoms with van der Waals surface area (Å²) in [5, 5.41) is 3.16. The molecule has 0 aliphatic carbocycles. The average molecular weight is 321 g/mol. The van der Waals surface area contributed by atoms with Gasteiger partial charge in [0.25, 0.3) is 0 Å². The van der Waals surface area contributed by atoms with E-state index in [4.69, 9.17) is 10.5 Å². The minimum absolute atomic E-state index is 0.452. The second-order valence-electron chi connectivity index (χ2n) is 4.31. The molecule has 0 saturated heterocycles. The maximum Gasteiger partial charge on any atom is 0.224 e. The first kappa shape index (κ1) is 12.2. The van der Waals surface area contributed by atoms with Crippen LogP contribution in [0.2, 0.25) is 0 Å². The third kappa shape index (κ3) is 2.63. The van der Waals surface area contributed by atoms with Gasteiger partial charge in [-0.15, -0.1) is 0 Å². The molecule has 0 saturated carbocycles. The van der Waals surface area contributed by atoms with Gasteiger partial charge in [0.15, 0.2) is 0 Å². The molecule has 1 aliphatic heterocycles. The second-order valence-corrected chi connectivity index (χ2v) is 5.23. The number of rotatable bonds is 3. The van der Waals surface area contributed by atoms with Crippen LogP contribution in [0, 0.1) is 0 Å². The first-order valence-electron chi connectivity index (χ1n) is 5.99. The van der Waals surface area contributed by atoms with E-state index in [1.807, 2.05) is 6.07 Å². The van der Waals surface area contributed by atoms with E-state index in [-0.39, 0.29) is 0 Å². The normalized spacial score (nSPS) is 12.9. The molecule has 98 valence electrons. The molecule has 0 bridgehead atoms. The van der Waals surface area contributed by atoms with Gasteiger partial charge in [0.1, 0.15) is 11.6 Å². The Labute approximate surface area is 119 Å². The molecule has 1 aliphatic rings. The van der Waals surface area contributed by atoms with Crippen molar-refractivity contribution in [2.45, 2.75) is 13.0 Å². The highest BCUT2D eigenvalue weighted by atomic mass is 79.9. The zero-order chi connectivity index (χ0) is 13.2. The van der Waals surface area contributed by atoms with Crippen molar-refractivity contribution in [1.82, 2.24) is 9.97 Å². The van der Waals surface area contributed by atoms with E-state index in [0.717, 1.165) is 28.8 Å². The minimum Gasteiger partial charge on any atom is -0.493 e. The van der Waals surface area contributed by atoms with E-state index in [0.29, 0.717) is 18.3 Å². The van der Waals surface area contributed by atoms with Crippen LogP contribution in [0.1, 0.15) is 11.1 Å². The van der Waals surface area contributed by atoms with Gasteiger partial charge in [0.05, 0.1) is 6.61 Å². The number of hydrogen-bond acceptors (Lipinski definition) is 5. The van der Waals surface area contributed by atoms with Gasteiger partial charge in [-0.3, -0.25) is 0 Å². The van der Waals surface area contributed by atoms with E-state index < -0.39 is 0 Å². The lowest BCUT2D eigenvalue weighted by Gasteiger charge is -2.10. The predicted octanol–water partition coefficient (Wildman–Crippen LogP) is 2.37. The molecule has 1 aromatic carbocycles. The van der Waals surface area contributed by atoms with Crippen molar-refractivity contribution in [3.05, 3.63) is 40.0 Å².